The normalized spacial score (nSPS) is 10.2. The number of nitro groups is 1. The van der Waals surface area contributed by atoms with Gasteiger partial charge in [-0.05, 0) is 30.7 Å². The Hall–Kier alpha value is -2.96. The summed E-state index contributed by atoms with van der Waals surface area (Å²) in [6.07, 6.45) is 0. The van der Waals surface area contributed by atoms with Gasteiger partial charge in [0.05, 0.1) is 29.4 Å². The van der Waals surface area contributed by atoms with Gasteiger partial charge in [-0.25, -0.2) is 9.18 Å². The number of ether oxygens (including phenoxy) is 1. The van der Waals surface area contributed by atoms with Crippen LogP contribution in [0, 0.1) is 22.9 Å². The number of benzene rings is 2. The van der Waals surface area contributed by atoms with Crippen LogP contribution in [-0.2, 0) is 11.3 Å². The Labute approximate surface area is 132 Å². The van der Waals surface area contributed by atoms with Gasteiger partial charge in [0.15, 0.2) is 5.82 Å². The molecule has 2 aromatic carbocycles. The second kappa shape index (κ2) is 6.87. The fourth-order valence-corrected chi connectivity index (χ4v) is 2.13. The Kier molecular flexibility index (Phi) is 4.90. The van der Waals surface area contributed by atoms with E-state index in [1.807, 2.05) is 0 Å². The van der Waals surface area contributed by atoms with Crippen molar-refractivity contribution in [2.45, 2.75) is 13.5 Å². The molecule has 0 radical (unpaired) electrons. The first kappa shape index (κ1) is 16.4. The van der Waals surface area contributed by atoms with E-state index in [1.165, 1.54) is 13.2 Å². The highest BCUT2D eigenvalue weighted by Crippen LogP contribution is 2.25. The van der Waals surface area contributed by atoms with Crippen molar-refractivity contribution in [3.05, 3.63) is 69.0 Å². The van der Waals surface area contributed by atoms with Crippen molar-refractivity contribution in [1.29, 1.82) is 0 Å². The van der Waals surface area contributed by atoms with Crippen molar-refractivity contribution >= 4 is 17.3 Å². The Bertz CT molecular complexity index is 762. The third-order valence-electron chi connectivity index (χ3n) is 3.31. The lowest BCUT2D eigenvalue weighted by Gasteiger charge is -2.10. The topological polar surface area (TPSA) is 81.5 Å². The van der Waals surface area contributed by atoms with Gasteiger partial charge in [0, 0.05) is 12.1 Å². The number of nitrogens with one attached hydrogen (secondary N) is 1. The Morgan fingerprint density at radius 2 is 2.09 bits per heavy atom. The summed E-state index contributed by atoms with van der Waals surface area (Å²) in [5.41, 5.74) is 1.41. The molecule has 0 aliphatic rings. The number of anilines is 1. The molecule has 0 saturated carbocycles. The van der Waals surface area contributed by atoms with Gasteiger partial charge in [0.25, 0.3) is 5.69 Å². The molecule has 0 aliphatic carbocycles. The van der Waals surface area contributed by atoms with Crippen LogP contribution in [0.15, 0.2) is 36.4 Å². The standard InChI is InChI=1S/C16H15FN2O4/c1-10-6-14(13(17)8-15(10)19(21)22)18-9-11-4-3-5-12(7-11)16(20)23-2/h3-8,18H,9H2,1-2H3. The summed E-state index contributed by atoms with van der Waals surface area (Å²) in [4.78, 5) is 21.6. The quantitative estimate of drug-likeness (QED) is 0.519. The number of rotatable bonds is 5. The van der Waals surface area contributed by atoms with Gasteiger partial charge in [-0.15, -0.1) is 0 Å². The fourth-order valence-electron chi connectivity index (χ4n) is 2.13. The van der Waals surface area contributed by atoms with E-state index < -0.39 is 16.7 Å². The molecule has 1 N–H and O–H groups in total. The van der Waals surface area contributed by atoms with Crippen LogP contribution in [0.5, 0.6) is 0 Å². The number of methoxy groups -OCH3 is 1. The number of carbonyl (C=O) groups excluding carboxylic acids is 1. The molecule has 0 saturated heterocycles. The maximum atomic E-state index is 13.9. The molecule has 0 aromatic heterocycles. The zero-order valence-corrected chi connectivity index (χ0v) is 12.6. The predicted octanol–water partition coefficient (Wildman–Crippen LogP) is 3.44. The highest BCUT2D eigenvalue weighted by molar-refractivity contribution is 5.89. The van der Waals surface area contributed by atoms with E-state index in [0.29, 0.717) is 11.1 Å². The van der Waals surface area contributed by atoms with Crippen molar-refractivity contribution < 1.29 is 18.8 Å². The van der Waals surface area contributed by atoms with E-state index in [-0.39, 0.29) is 17.9 Å². The number of esters is 1. The van der Waals surface area contributed by atoms with Gasteiger partial charge in [0.2, 0.25) is 0 Å². The minimum absolute atomic E-state index is 0.163. The molecule has 23 heavy (non-hydrogen) atoms. The van der Waals surface area contributed by atoms with E-state index in [0.717, 1.165) is 11.6 Å². The predicted molar refractivity (Wildman–Crippen MR) is 82.9 cm³/mol. The van der Waals surface area contributed by atoms with Gasteiger partial charge in [-0.2, -0.15) is 0 Å². The molecule has 2 rings (SSSR count). The van der Waals surface area contributed by atoms with Crippen LogP contribution in [0.3, 0.4) is 0 Å². The Morgan fingerprint density at radius 1 is 1.35 bits per heavy atom. The number of aryl methyl sites for hydroxylation is 1. The summed E-state index contributed by atoms with van der Waals surface area (Å²) in [5.74, 6) is -1.16. The average Bonchev–Trinajstić information content (AvgIpc) is 2.54. The average molecular weight is 318 g/mol. The molecular weight excluding hydrogens is 303 g/mol. The molecule has 0 spiro atoms. The number of hydrogen-bond donors (Lipinski definition) is 1. The van der Waals surface area contributed by atoms with Crippen molar-refractivity contribution in [2.75, 3.05) is 12.4 Å². The van der Waals surface area contributed by atoms with Crippen LogP contribution in [0.4, 0.5) is 15.8 Å². The van der Waals surface area contributed by atoms with Crippen molar-refractivity contribution in [1.82, 2.24) is 0 Å². The summed E-state index contributed by atoms with van der Waals surface area (Å²) in [5, 5.41) is 13.6. The van der Waals surface area contributed by atoms with Crippen molar-refractivity contribution in [2.24, 2.45) is 0 Å². The third-order valence-corrected chi connectivity index (χ3v) is 3.31. The number of halogens is 1. The van der Waals surface area contributed by atoms with Crippen molar-refractivity contribution in [3.63, 3.8) is 0 Å². The van der Waals surface area contributed by atoms with E-state index in [9.17, 15) is 19.3 Å². The maximum absolute atomic E-state index is 13.9. The molecule has 0 heterocycles. The number of nitrogens with zero attached hydrogens (tertiary/aromatic N) is 1. The van der Waals surface area contributed by atoms with Crippen molar-refractivity contribution in [3.8, 4) is 0 Å². The summed E-state index contributed by atoms with van der Waals surface area (Å²) < 4.78 is 18.6. The zero-order valence-electron chi connectivity index (χ0n) is 12.6. The summed E-state index contributed by atoms with van der Waals surface area (Å²) in [6.45, 7) is 1.81. The summed E-state index contributed by atoms with van der Waals surface area (Å²) >= 11 is 0. The Morgan fingerprint density at radius 3 is 2.74 bits per heavy atom. The fraction of sp³-hybridized carbons (Fsp3) is 0.188. The summed E-state index contributed by atoms with van der Waals surface area (Å²) in [6, 6.07) is 9.00. The van der Waals surface area contributed by atoms with Crippen LogP contribution in [-0.4, -0.2) is 18.0 Å². The third kappa shape index (κ3) is 3.82. The second-order valence-electron chi connectivity index (χ2n) is 4.92. The molecule has 0 atom stereocenters. The molecule has 7 heteroatoms. The van der Waals surface area contributed by atoms with Crippen LogP contribution >= 0.6 is 0 Å². The number of hydrogen-bond acceptors (Lipinski definition) is 5. The van der Waals surface area contributed by atoms with Crippen LogP contribution in [0.25, 0.3) is 0 Å². The molecule has 0 bridgehead atoms. The highest BCUT2D eigenvalue weighted by atomic mass is 19.1. The number of nitro benzene ring substituents is 1. The largest absolute Gasteiger partial charge is 0.465 e. The molecule has 6 nitrogen and oxygen atoms in total. The van der Waals surface area contributed by atoms with E-state index in [2.05, 4.69) is 10.1 Å². The Balaban J connectivity index is 2.17. The summed E-state index contributed by atoms with van der Waals surface area (Å²) in [7, 11) is 1.29. The van der Waals surface area contributed by atoms with Gasteiger partial charge in [-0.3, -0.25) is 10.1 Å². The number of carbonyl (C=O) groups is 1. The lowest BCUT2D eigenvalue weighted by atomic mass is 10.1. The van der Waals surface area contributed by atoms with E-state index >= 15 is 0 Å². The first-order chi connectivity index (χ1) is 10.9. The monoisotopic (exact) mass is 318 g/mol. The smallest absolute Gasteiger partial charge is 0.337 e. The molecule has 0 aliphatic heterocycles. The highest BCUT2D eigenvalue weighted by Gasteiger charge is 2.15. The van der Waals surface area contributed by atoms with Gasteiger partial charge < -0.3 is 10.1 Å². The first-order valence-electron chi connectivity index (χ1n) is 6.78. The van der Waals surface area contributed by atoms with Crippen LogP contribution in [0.2, 0.25) is 0 Å². The lowest BCUT2D eigenvalue weighted by Crippen LogP contribution is -2.06. The molecule has 0 unspecified atom stereocenters. The lowest BCUT2D eigenvalue weighted by molar-refractivity contribution is -0.385. The van der Waals surface area contributed by atoms with Crippen LogP contribution < -0.4 is 5.32 Å². The van der Waals surface area contributed by atoms with Gasteiger partial charge in [-0.1, -0.05) is 12.1 Å². The van der Waals surface area contributed by atoms with Gasteiger partial charge in [0.1, 0.15) is 0 Å². The molecule has 0 amide bonds. The van der Waals surface area contributed by atoms with Gasteiger partial charge >= 0.3 is 5.97 Å². The molecular formula is C16H15FN2O4. The minimum Gasteiger partial charge on any atom is -0.465 e. The SMILES string of the molecule is COC(=O)c1cccc(CNc2cc(C)c([N+](=O)[O-])cc2F)c1. The van der Waals surface area contributed by atoms with Crippen LogP contribution in [0.1, 0.15) is 21.5 Å². The minimum atomic E-state index is -0.702. The molecule has 120 valence electrons. The maximum Gasteiger partial charge on any atom is 0.337 e. The van der Waals surface area contributed by atoms with E-state index in [1.54, 1.807) is 31.2 Å². The molecule has 2 aromatic rings. The molecule has 0 fully saturated rings. The first-order valence-corrected chi connectivity index (χ1v) is 6.78. The second-order valence-corrected chi connectivity index (χ2v) is 4.92. The zero-order chi connectivity index (χ0) is 17.0. The van der Waals surface area contributed by atoms with E-state index in [4.69, 9.17) is 0 Å².